The summed E-state index contributed by atoms with van der Waals surface area (Å²) in [4.78, 5) is 41.7. The summed E-state index contributed by atoms with van der Waals surface area (Å²) in [6.07, 6.45) is 1.23. The second-order valence-corrected chi connectivity index (χ2v) is 10.5. The van der Waals surface area contributed by atoms with E-state index in [0.29, 0.717) is 11.3 Å². The van der Waals surface area contributed by atoms with Crippen molar-refractivity contribution < 1.29 is 22.8 Å². The van der Waals surface area contributed by atoms with Crippen molar-refractivity contribution >= 4 is 67.7 Å². The highest BCUT2D eigenvalue weighted by molar-refractivity contribution is 7.92. The molecule has 2 aromatic heterocycles. The molecular weight excluding hydrogens is 490 g/mol. The second-order valence-electron chi connectivity index (χ2n) is 6.89. The SMILES string of the molecule is CNc1ccc2c(c1)NC(=O)C(c1ccc(NC(=O)NS(=O)(=O)c3ccc(Cl)s3)cn1)C2=O. The number of hydrogen-bond acceptors (Lipinski definition) is 8. The summed E-state index contributed by atoms with van der Waals surface area (Å²) in [6, 6.07) is 9.52. The molecule has 3 amide bonds. The van der Waals surface area contributed by atoms with E-state index in [2.05, 4.69) is 20.9 Å². The molecule has 3 heterocycles. The molecule has 0 fully saturated rings. The van der Waals surface area contributed by atoms with Crippen molar-refractivity contribution in [3.8, 4) is 0 Å². The Labute approximate surface area is 197 Å². The molecule has 0 saturated carbocycles. The number of benzene rings is 1. The number of Topliss-reactive ketones (excluding diaryl/α,β-unsaturated/α-hetero) is 1. The van der Waals surface area contributed by atoms with E-state index >= 15 is 0 Å². The van der Waals surface area contributed by atoms with Crippen LogP contribution in [0.25, 0.3) is 0 Å². The van der Waals surface area contributed by atoms with Crippen molar-refractivity contribution in [3.63, 3.8) is 0 Å². The van der Waals surface area contributed by atoms with Crippen LogP contribution in [0.5, 0.6) is 0 Å². The number of halogens is 1. The largest absolute Gasteiger partial charge is 0.388 e. The fourth-order valence-electron chi connectivity index (χ4n) is 3.19. The molecule has 13 heteroatoms. The van der Waals surface area contributed by atoms with Crippen LogP contribution >= 0.6 is 22.9 Å². The van der Waals surface area contributed by atoms with E-state index in [9.17, 15) is 22.8 Å². The lowest BCUT2D eigenvalue weighted by molar-refractivity contribution is -0.116. The maximum absolute atomic E-state index is 12.9. The Kier molecular flexibility index (Phi) is 6.06. The quantitative estimate of drug-likeness (QED) is 0.389. The standard InChI is InChI=1S/C20H16ClN5O5S2/c1-22-10-2-4-12-14(8-10)25-19(28)17(18(12)27)13-5-3-11(9-23-13)24-20(29)26-33(30,31)16-7-6-15(21)32-16/h2-9,17,22H,1H3,(H,25,28)(H2,24,26,29). The van der Waals surface area contributed by atoms with Gasteiger partial charge in [0.15, 0.2) is 5.78 Å². The number of fused-ring (bicyclic) bond motifs is 1. The number of anilines is 3. The fourth-order valence-corrected chi connectivity index (χ4v) is 5.58. The third-order valence-electron chi connectivity index (χ3n) is 4.74. The Hall–Kier alpha value is -3.48. The number of urea groups is 1. The van der Waals surface area contributed by atoms with Crippen LogP contribution in [0.15, 0.2) is 52.9 Å². The molecule has 0 aliphatic carbocycles. The van der Waals surface area contributed by atoms with Crippen molar-refractivity contribution in [2.45, 2.75) is 10.1 Å². The third kappa shape index (κ3) is 4.67. The van der Waals surface area contributed by atoms with Gasteiger partial charge in [-0.05, 0) is 42.5 Å². The minimum atomic E-state index is -4.08. The van der Waals surface area contributed by atoms with E-state index in [0.717, 1.165) is 17.0 Å². The predicted molar refractivity (Wildman–Crippen MR) is 125 cm³/mol. The lowest BCUT2D eigenvalue weighted by Gasteiger charge is -2.23. The van der Waals surface area contributed by atoms with Gasteiger partial charge in [0.05, 0.1) is 27.6 Å². The topological polar surface area (TPSA) is 146 Å². The summed E-state index contributed by atoms with van der Waals surface area (Å²) < 4.78 is 26.4. The Bertz CT molecular complexity index is 1370. The van der Waals surface area contributed by atoms with Gasteiger partial charge in [0, 0.05) is 18.3 Å². The minimum Gasteiger partial charge on any atom is -0.388 e. The van der Waals surface area contributed by atoms with Gasteiger partial charge in [-0.1, -0.05) is 11.6 Å². The molecule has 0 bridgehead atoms. The summed E-state index contributed by atoms with van der Waals surface area (Å²) in [5, 5.41) is 7.99. The molecule has 33 heavy (non-hydrogen) atoms. The average molecular weight is 506 g/mol. The second kappa shape index (κ2) is 8.81. The van der Waals surface area contributed by atoms with Gasteiger partial charge in [-0.15, -0.1) is 11.3 Å². The first kappa shape index (κ1) is 22.7. The highest BCUT2D eigenvalue weighted by Gasteiger charge is 2.36. The lowest BCUT2D eigenvalue weighted by Crippen LogP contribution is -2.34. The van der Waals surface area contributed by atoms with Gasteiger partial charge in [-0.3, -0.25) is 14.6 Å². The molecular formula is C20H16ClN5O5S2. The van der Waals surface area contributed by atoms with Crippen LogP contribution in [0.2, 0.25) is 4.34 Å². The molecule has 0 spiro atoms. The maximum Gasteiger partial charge on any atom is 0.333 e. The van der Waals surface area contributed by atoms with Crippen molar-refractivity contribution in [2.75, 3.05) is 23.0 Å². The van der Waals surface area contributed by atoms with Crippen molar-refractivity contribution in [2.24, 2.45) is 0 Å². The van der Waals surface area contributed by atoms with Crippen LogP contribution in [0.1, 0.15) is 22.0 Å². The number of carbonyl (C=O) groups excluding carboxylic acids is 3. The Morgan fingerprint density at radius 1 is 1.12 bits per heavy atom. The molecule has 1 aliphatic rings. The third-order valence-corrected chi connectivity index (χ3v) is 7.79. The first-order chi connectivity index (χ1) is 15.7. The smallest absolute Gasteiger partial charge is 0.333 e. The van der Waals surface area contributed by atoms with Gasteiger partial charge in [0.2, 0.25) is 5.91 Å². The summed E-state index contributed by atoms with van der Waals surface area (Å²) >= 11 is 6.54. The number of carbonyl (C=O) groups is 3. The minimum absolute atomic E-state index is 0.111. The number of nitrogens with one attached hydrogen (secondary N) is 4. The molecule has 10 nitrogen and oxygen atoms in total. The van der Waals surface area contributed by atoms with Crippen LogP contribution in [-0.4, -0.2) is 38.2 Å². The summed E-state index contributed by atoms with van der Waals surface area (Å²) in [5.41, 5.74) is 1.87. The van der Waals surface area contributed by atoms with E-state index in [1.165, 1.54) is 30.5 Å². The summed E-state index contributed by atoms with van der Waals surface area (Å²) in [5.74, 6) is -2.07. The number of thiophene rings is 1. The molecule has 4 N–H and O–H groups in total. The molecule has 170 valence electrons. The molecule has 3 aromatic rings. The molecule has 1 unspecified atom stereocenters. The van der Waals surface area contributed by atoms with Crippen LogP contribution in [0, 0.1) is 0 Å². The van der Waals surface area contributed by atoms with Crippen LogP contribution in [0.4, 0.5) is 21.9 Å². The number of pyridine rings is 1. The Balaban J connectivity index is 1.47. The van der Waals surface area contributed by atoms with E-state index < -0.39 is 33.7 Å². The number of aromatic nitrogens is 1. The lowest BCUT2D eigenvalue weighted by atomic mass is 9.88. The highest BCUT2D eigenvalue weighted by atomic mass is 35.5. The summed E-state index contributed by atoms with van der Waals surface area (Å²) in [7, 11) is -2.36. The Morgan fingerprint density at radius 3 is 2.52 bits per heavy atom. The van der Waals surface area contributed by atoms with E-state index in [-0.39, 0.29) is 19.9 Å². The average Bonchev–Trinajstić information content (AvgIpc) is 3.21. The number of ketones is 1. The van der Waals surface area contributed by atoms with E-state index in [1.807, 2.05) is 4.72 Å². The van der Waals surface area contributed by atoms with Gasteiger partial charge in [0.25, 0.3) is 10.0 Å². The summed E-state index contributed by atoms with van der Waals surface area (Å²) in [6.45, 7) is 0. The van der Waals surface area contributed by atoms with E-state index in [1.54, 1.807) is 25.2 Å². The number of amides is 3. The zero-order chi connectivity index (χ0) is 23.8. The monoisotopic (exact) mass is 505 g/mol. The van der Waals surface area contributed by atoms with Crippen LogP contribution < -0.4 is 20.7 Å². The normalized spacial score (nSPS) is 15.4. The van der Waals surface area contributed by atoms with Crippen molar-refractivity contribution in [1.82, 2.24) is 9.71 Å². The van der Waals surface area contributed by atoms with E-state index in [4.69, 9.17) is 11.6 Å². The Morgan fingerprint density at radius 2 is 1.88 bits per heavy atom. The van der Waals surface area contributed by atoms with Gasteiger partial charge >= 0.3 is 6.03 Å². The van der Waals surface area contributed by atoms with Crippen LogP contribution in [-0.2, 0) is 14.8 Å². The molecule has 0 radical (unpaired) electrons. The molecule has 1 aromatic carbocycles. The fraction of sp³-hybridized carbons (Fsp3) is 0.100. The zero-order valence-electron chi connectivity index (χ0n) is 16.9. The molecule has 1 atom stereocenters. The highest BCUT2D eigenvalue weighted by Crippen LogP contribution is 2.33. The van der Waals surface area contributed by atoms with Gasteiger partial charge < -0.3 is 16.0 Å². The first-order valence-corrected chi connectivity index (χ1v) is 12.1. The number of sulfonamides is 1. The van der Waals surface area contributed by atoms with Crippen molar-refractivity contribution in [3.05, 3.63) is 64.3 Å². The van der Waals surface area contributed by atoms with Gasteiger partial charge in [0.1, 0.15) is 10.1 Å². The molecule has 1 aliphatic heterocycles. The zero-order valence-corrected chi connectivity index (χ0v) is 19.3. The predicted octanol–water partition coefficient (Wildman–Crippen LogP) is 3.27. The first-order valence-electron chi connectivity index (χ1n) is 9.40. The molecule has 4 rings (SSSR count). The maximum atomic E-state index is 12.9. The number of hydrogen-bond donors (Lipinski definition) is 4. The van der Waals surface area contributed by atoms with Gasteiger partial charge in [-0.2, -0.15) is 0 Å². The van der Waals surface area contributed by atoms with Crippen molar-refractivity contribution in [1.29, 1.82) is 0 Å². The van der Waals surface area contributed by atoms with Crippen LogP contribution in [0.3, 0.4) is 0 Å². The molecule has 0 saturated heterocycles. The number of rotatable bonds is 5. The number of nitrogens with zero attached hydrogens (tertiary/aromatic N) is 1. The van der Waals surface area contributed by atoms with Gasteiger partial charge in [-0.25, -0.2) is 17.9 Å².